The van der Waals surface area contributed by atoms with E-state index in [9.17, 15) is 8.42 Å². The first-order valence-electron chi connectivity index (χ1n) is 11.3. The van der Waals surface area contributed by atoms with Crippen LogP contribution in [0, 0.1) is 0 Å². The van der Waals surface area contributed by atoms with E-state index >= 15 is 0 Å². The molecule has 0 bridgehead atoms. The summed E-state index contributed by atoms with van der Waals surface area (Å²) >= 11 is 0. The minimum Gasteiger partial charge on any atom is -0.377 e. The third-order valence-corrected chi connectivity index (χ3v) is 8.80. The van der Waals surface area contributed by atoms with Crippen molar-refractivity contribution in [2.75, 3.05) is 32.6 Å². The van der Waals surface area contributed by atoms with Crippen LogP contribution in [0.5, 0.6) is 0 Å². The number of fused-ring (bicyclic) bond motifs is 2. The van der Waals surface area contributed by atoms with Gasteiger partial charge >= 0.3 is 0 Å². The smallest absolute Gasteiger partial charge is 0.247 e. The highest BCUT2D eigenvalue weighted by molar-refractivity contribution is 7.91. The number of benzene rings is 1. The molecular weight excluding hydrogens is 414 g/mol. The summed E-state index contributed by atoms with van der Waals surface area (Å²) in [7, 11) is 0.338. The summed E-state index contributed by atoms with van der Waals surface area (Å²) in [6, 6.07) is 2.37. The van der Waals surface area contributed by atoms with Gasteiger partial charge in [0.05, 0.1) is 11.4 Å². The molecule has 1 aromatic heterocycles. The van der Waals surface area contributed by atoms with Crippen molar-refractivity contribution in [3.8, 4) is 0 Å². The number of H-pyrrole nitrogens is 1. The number of aromatic nitrogens is 3. The van der Waals surface area contributed by atoms with Crippen LogP contribution in [0.1, 0.15) is 47.9 Å². The number of likely N-dealkylation sites (N-methyl/N-ethyl adjacent to an activating group) is 1. The Morgan fingerprint density at radius 2 is 1.87 bits per heavy atom. The Kier molecular flexibility index (Phi) is 5.52. The summed E-state index contributed by atoms with van der Waals surface area (Å²) < 4.78 is 32.2. The van der Waals surface area contributed by atoms with Gasteiger partial charge in [0.15, 0.2) is 0 Å². The number of anilines is 2. The van der Waals surface area contributed by atoms with Gasteiger partial charge in [0.25, 0.3) is 0 Å². The molecule has 0 radical (unpaired) electrons. The lowest BCUT2D eigenvalue weighted by molar-refractivity contribution is 0.00364. The lowest BCUT2D eigenvalue weighted by Gasteiger charge is -2.30. The van der Waals surface area contributed by atoms with Gasteiger partial charge < -0.3 is 15.0 Å². The molecule has 31 heavy (non-hydrogen) atoms. The van der Waals surface area contributed by atoms with E-state index in [2.05, 4.69) is 26.6 Å². The van der Waals surface area contributed by atoms with E-state index in [1.807, 2.05) is 19.0 Å². The molecule has 2 N–H and O–H groups in total. The predicted molar refractivity (Wildman–Crippen MR) is 119 cm³/mol. The van der Waals surface area contributed by atoms with Gasteiger partial charge in [-0.1, -0.05) is 6.07 Å². The monoisotopic (exact) mass is 445 g/mol. The number of ether oxygens (including phenoxy) is 1. The average Bonchev–Trinajstić information content (AvgIpc) is 3.48. The third kappa shape index (κ3) is 3.99. The lowest BCUT2D eigenvalue weighted by atomic mass is 9.99. The molecule has 2 aromatic rings. The summed E-state index contributed by atoms with van der Waals surface area (Å²) in [5.74, 6) is 0.338. The summed E-state index contributed by atoms with van der Waals surface area (Å²) in [6.07, 6.45) is 7.53. The molecule has 9 heteroatoms. The van der Waals surface area contributed by atoms with Gasteiger partial charge in [-0.2, -0.15) is 4.98 Å². The van der Waals surface area contributed by atoms with E-state index in [0.29, 0.717) is 31.9 Å². The number of hydrogen-bond acceptors (Lipinski definition) is 7. The van der Waals surface area contributed by atoms with E-state index in [-0.39, 0.29) is 11.3 Å². The van der Waals surface area contributed by atoms with Crippen molar-refractivity contribution in [2.24, 2.45) is 0 Å². The maximum absolute atomic E-state index is 13.2. The summed E-state index contributed by atoms with van der Waals surface area (Å²) in [4.78, 5) is 6.39. The van der Waals surface area contributed by atoms with E-state index in [1.54, 1.807) is 0 Å². The maximum Gasteiger partial charge on any atom is 0.247 e. The largest absolute Gasteiger partial charge is 0.377 e. The Balaban J connectivity index is 1.38. The normalized spacial score (nSPS) is 23.2. The molecule has 0 saturated carbocycles. The van der Waals surface area contributed by atoms with E-state index in [4.69, 9.17) is 4.74 Å². The number of aromatic amines is 1. The van der Waals surface area contributed by atoms with Crippen molar-refractivity contribution in [3.63, 3.8) is 0 Å². The van der Waals surface area contributed by atoms with Gasteiger partial charge in [-0.05, 0) is 87.7 Å². The topological polar surface area (TPSA) is 100 Å². The second-order valence-corrected chi connectivity index (χ2v) is 11.4. The molecule has 3 aliphatic rings. The van der Waals surface area contributed by atoms with Gasteiger partial charge in [-0.15, -0.1) is 5.10 Å². The molecule has 1 fully saturated rings. The van der Waals surface area contributed by atoms with Crippen molar-refractivity contribution in [1.29, 1.82) is 0 Å². The molecule has 2 atom stereocenters. The first kappa shape index (κ1) is 20.9. The first-order valence-corrected chi connectivity index (χ1v) is 12.8. The van der Waals surface area contributed by atoms with Crippen LogP contribution < -0.4 is 5.32 Å². The van der Waals surface area contributed by atoms with Crippen molar-refractivity contribution in [1.82, 2.24) is 20.1 Å². The second kappa shape index (κ2) is 8.18. The maximum atomic E-state index is 13.2. The molecule has 1 aliphatic heterocycles. The average molecular weight is 446 g/mol. The highest BCUT2D eigenvalue weighted by Crippen LogP contribution is 2.39. The van der Waals surface area contributed by atoms with Crippen LogP contribution in [-0.2, 0) is 40.3 Å². The first-order chi connectivity index (χ1) is 14.9. The quantitative estimate of drug-likeness (QED) is 0.704. The fourth-order valence-electron chi connectivity index (χ4n) is 5.33. The van der Waals surface area contributed by atoms with Crippen molar-refractivity contribution in [2.45, 2.75) is 67.9 Å². The number of sulfone groups is 1. The molecule has 2 aliphatic carbocycles. The Morgan fingerprint density at radius 3 is 2.55 bits per heavy atom. The highest BCUT2D eigenvalue weighted by atomic mass is 32.2. The van der Waals surface area contributed by atoms with Crippen LogP contribution in [0.4, 0.5) is 11.6 Å². The summed E-state index contributed by atoms with van der Waals surface area (Å²) in [5, 5.41) is 9.75. The Hall–Kier alpha value is -1.97. The van der Waals surface area contributed by atoms with Crippen LogP contribution in [0.3, 0.4) is 0 Å². The molecule has 8 nitrogen and oxygen atoms in total. The minimum absolute atomic E-state index is 0.0466. The van der Waals surface area contributed by atoms with Crippen LogP contribution in [0.2, 0.25) is 0 Å². The predicted octanol–water partition coefficient (Wildman–Crippen LogP) is 2.41. The molecule has 2 heterocycles. The van der Waals surface area contributed by atoms with E-state index in [1.165, 1.54) is 35.1 Å². The Bertz CT molecular complexity index is 1050. The van der Waals surface area contributed by atoms with Gasteiger partial charge in [0, 0.05) is 18.8 Å². The van der Waals surface area contributed by atoms with E-state index in [0.717, 1.165) is 31.4 Å². The van der Waals surface area contributed by atoms with Crippen LogP contribution >= 0.6 is 0 Å². The third-order valence-electron chi connectivity index (χ3n) is 6.77. The highest BCUT2D eigenvalue weighted by Gasteiger charge is 2.36. The van der Waals surface area contributed by atoms with Crippen LogP contribution in [0.25, 0.3) is 0 Å². The van der Waals surface area contributed by atoms with Crippen molar-refractivity contribution < 1.29 is 13.2 Å². The van der Waals surface area contributed by atoms with Crippen LogP contribution in [0.15, 0.2) is 11.2 Å². The standard InChI is InChI=1S/C22H31N5O3S/c1-27(2)13-16-12-17(9-10-30-16)31(28,29)22-24-21(25-26-22)23-20-18-7-3-5-14(18)11-15-6-4-8-19(15)20/h11,16-17H,3-10,12-13H2,1-2H3,(H2,23,24,25,26). The second-order valence-electron chi connectivity index (χ2n) is 9.27. The molecule has 5 rings (SSSR count). The lowest BCUT2D eigenvalue weighted by Crippen LogP contribution is -2.39. The number of nitrogens with one attached hydrogen (secondary N) is 2. The fraction of sp³-hybridized carbons (Fsp3) is 0.636. The molecule has 168 valence electrons. The van der Waals surface area contributed by atoms with Crippen LogP contribution in [-0.4, -0.2) is 67.1 Å². The Morgan fingerprint density at radius 1 is 1.16 bits per heavy atom. The van der Waals surface area contributed by atoms with E-state index < -0.39 is 15.1 Å². The van der Waals surface area contributed by atoms with Gasteiger partial charge in [0.1, 0.15) is 0 Å². The number of rotatable bonds is 6. The minimum atomic E-state index is -3.59. The van der Waals surface area contributed by atoms with Gasteiger partial charge in [0.2, 0.25) is 20.9 Å². The number of aryl methyl sites for hydroxylation is 2. The summed E-state index contributed by atoms with van der Waals surface area (Å²) in [6.45, 7) is 1.16. The molecule has 1 saturated heterocycles. The van der Waals surface area contributed by atoms with Crippen molar-refractivity contribution in [3.05, 3.63) is 28.3 Å². The molecule has 1 aromatic carbocycles. The fourth-order valence-corrected chi connectivity index (χ4v) is 6.91. The molecule has 0 spiro atoms. The SMILES string of the molecule is CN(C)CC1CC(S(=O)(=O)c2nc(Nc3c4c(cc5c3CCC5)CCC4)n[nH]2)CCO1. The number of hydrogen-bond donors (Lipinski definition) is 2. The van der Waals surface area contributed by atoms with Crippen molar-refractivity contribution >= 4 is 21.5 Å². The van der Waals surface area contributed by atoms with Gasteiger partial charge in [-0.3, -0.25) is 0 Å². The molecule has 0 amide bonds. The zero-order chi connectivity index (χ0) is 21.6. The molecular formula is C22H31N5O3S. The zero-order valence-electron chi connectivity index (χ0n) is 18.3. The molecule has 2 unspecified atom stereocenters. The Labute approximate surface area is 183 Å². The summed E-state index contributed by atoms with van der Waals surface area (Å²) in [5.41, 5.74) is 6.65. The van der Waals surface area contributed by atoms with Gasteiger partial charge in [-0.25, -0.2) is 13.5 Å². The zero-order valence-corrected chi connectivity index (χ0v) is 19.1. The number of nitrogens with zero attached hydrogens (tertiary/aromatic N) is 3.